The van der Waals surface area contributed by atoms with Crippen molar-refractivity contribution < 1.29 is 14.6 Å². The molecule has 0 saturated carbocycles. The number of nitrogens with zero attached hydrogens (tertiary/aromatic N) is 1. The molecule has 0 aliphatic carbocycles. The Bertz CT molecular complexity index is 652. The summed E-state index contributed by atoms with van der Waals surface area (Å²) in [5.74, 6) is -0.179. The number of aromatic nitrogens is 1. The fourth-order valence-corrected chi connectivity index (χ4v) is 1.90. The molecule has 0 fully saturated rings. The highest BCUT2D eigenvalue weighted by Gasteiger charge is 2.12. The smallest absolute Gasteiger partial charge is 0.335 e. The second-order valence-corrected chi connectivity index (χ2v) is 3.79. The molecule has 0 unspecified atom stereocenters. The number of hydrogen-bond acceptors (Lipinski definition) is 3. The first kappa shape index (κ1) is 12.4. The average molecular weight is 264 g/mol. The number of carbonyl (C=O) groups is 1. The van der Waals surface area contributed by atoms with Crippen LogP contribution in [0.1, 0.15) is 15.9 Å². The van der Waals surface area contributed by atoms with Crippen molar-refractivity contribution in [3.8, 4) is 5.75 Å². The molecule has 1 aliphatic rings. The predicted molar refractivity (Wildman–Crippen MR) is 70.5 cm³/mol. The van der Waals surface area contributed by atoms with Gasteiger partial charge in [0.15, 0.2) is 0 Å². The van der Waals surface area contributed by atoms with E-state index in [-0.39, 0.29) is 18.0 Å². The minimum atomic E-state index is -0.952. The van der Waals surface area contributed by atoms with Crippen LogP contribution in [0.15, 0.2) is 30.5 Å². The molecular weight excluding hydrogens is 254 g/mol. The largest absolute Gasteiger partial charge is 0.488 e. The lowest BCUT2D eigenvalue weighted by atomic mass is 10.1. The number of aromatic carboxylic acids is 1. The van der Waals surface area contributed by atoms with E-state index in [9.17, 15) is 4.79 Å². The molecular formula is C13H10ClNO3. The molecule has 0 radical (unpaired) electrons. The van der Waals surface area contributed by atoms with Gasteiger partial charge in [-0.2, -0.15) is 0 Å². The van der Waals surface area contributed by atoms with Crippen molar-refractivity contribution in [2.75, 3.05) is 6.61 Å². The van der Waals surface area contributed by atoms with Crippen molar-refractivity contribution in [1.29, 1.82) is 0 Å². The van der Waals surface area contributed by atoms with E-state index in [2.05, 4.69) is 4.98 Å². The number of benzene rings is 1. The third-order valence-electron chi connectivity index (χ3n) is 2.72. The first-order chi connectivity index (χ1) is 8.25. The van der Waals surface area contributed by atoms with E-state index in [0.717, 1.165) is 16.7 Å². The predicted octanol–water partition coefficient (Wildman–Crippen LogP) is 2.76. The maximum Gasteiger partial charge on any atom is 0.335 e. The van der Waals surface area contributed by atoms with E-state index in [1.165, 1.54) is 0 Å². The van der Waals surface area contributed by atoms with Gasteiger partial charge in [-0.1, -0.05) is 6.08 Å². The number of rotatable bonds is 1. The normalized spacial score (nSPS) is 12.4. The molecule has 1 aromatic carbocycles. The summed E-state index contributed by atoms with van der Waals surface area (Å²) in [6, 6.07) is 4.86. The molecule has 0 bridgehead atoms. The van der Waals surface area contributed by atoms with Crippen LogP contribution in [0, 0.1) is 0 Å². The Morgan fingerprint density at radius 2 is 2.22 bits per heavy atom. The Kier molecular flexibility index (Phi) is 3.21. The van der Waals surface area contributed by atoms with Crippen molar-refractivity contribution in [1.82, 2.24) is 4.98 Å². The number of carboxylic acid groups (broad SMARTS) is 1. The Balaban J connectivity index is 0.00000120. The maximum atomic E-state index is 10.9. The summed E-state index contributed by atoms with van der Waals surface area (Å²) in [6.07, 6.45) is 5.57. The number of hydrogen-bond donors (Lipinski definition) is 1. The van der Waals surface area contributed by atoms with Gasteiger partial charge >= 0.3 is 5.97 Å². The van der Waals surface area contributed by atoms with Crippen molar-refractivity contribution in [3.05, 3.63) is 41.6 Å². The molecule has 2 aromatic rings. The third-order valence-corrected chi connectivity index (χ3v) is 2.72. The van der Waals surface area contributed by atoms with E-state index in [0.29, 0.717) is 12.1 Å². The lowest BCUT2D eigenvalue weighted by Crippen LogP contribution is -2.02. The zero-order chi connectivity index (χ0) is 11.8. The van der Waals surface area contributed by atoms with E-state index in [1.54, 1.807) is 24.4 Å². The quantitative estimate of drug-likeness (QED) is 0.859. The minimum absolute atomic E-state index is 0. The molecule has 2 heterocycles. The summed E-state index contributed by atoms with van der Waals surface area (Å²) >= 11 is 0. The standard InChI is InChI=1S/C13H9NO3.ClH/c15-13(16)8-3-4-10-11(6-8)14-7-9-2-1-5-17-12(9)10;/h1-4,6-7H,5H2,(H,15,16);1H. The number of fused-ring (bicyclic) bond motifs is 3. The Morgan fingerprint density at radius 3 is 3.00 bits per heavy atom. The SMILES string of the molecule is Cl.O=C(O)c1ccc2c3c(cnc2c1)C=CCO3. The second-order valence-electron chi connectivity index (χ2n) is 3.79. The minimum Gasteiger partial charge on any atom is -0.488 e. The van der Waals surface area contributed by atoms with E-state index in [4.69, 9.17) is 9.84 Å². The van der Waals surface area contributed by atoms with Gasteiger partial charge in [-0.3, -0.25) is 4.98 Å². The number of halogens is 1. The van der Waals surface area contributed by atoms with Crippen LogP contribution >= 0.6 is 12.4 Å². The van der Waals surface area contributed by atoms with Gasteiger partial charge in [0, 0.05) is 17.1 Å². The molecule has 1 aliphatic heterocycles. The molecule has 0 atom stereocenters. The van der Waals surface area contributed by atoms with E-state index >= 15 is 0 Å². The highest BCUT2D eigenvalue weighted by atomic mass is 35.5. The highest BCUT2D eigenvalue weighted by molar-refractivity contribution is 5.96. The summed E-state index contributed by atoms with van der Waals surface area (Å²) in [5.41, 5.74) is 1.79. The highest BCUT2D eigenvalue weighted by Crippen LogP contribution is 2.31. The first-order valence-electron chi connectivity index (χ1n) is 5.21. The zero-order valence-corrected chi connectivity index (χ0v) is 10.1. The molecule has 1 N–H and O–H groups in total. The van der Waals surface area contributed by atoms with Crippen LogP contribution in [0.5, 0.6) is 5.75 Å². The lowest BCUT2D eigenvalue weighted by molar-refractivity contribution is 0.0697. The summed E-state index contributed by atoms with van der Waals surface area (Å²) in [6.45, 7) is 0.535. The van der Waals surface area contributed by atoms with Gasteiger partial charge in [0.1, 0.15) is 12.4 Å². The van der Waals surface area contributed by atoms with Crippen LogP contribution in [0.2, 0.25) is 0 Å². The van der Waals surface area contributed by atoms with Crippen LogP contribution in [0.25, 0.3) is 17.0 Å². The fourth-order valence-electron chi connectivity index (χ4n) is 1.90. The Hall–Kier alpha value is -2.07. The van der Waals surface area contributed by atoms with Gasteiger partial charge in [-0.15, -0.1) is 12.4 Å². The van der Waals surface area contributed by atoms with Gasteiger partial charge in [-0.05, 0) is 24.3 Å². The molecule has 18 heavy (non-hydrogen) atoms. The molecule has 4 nitrogen and oxygen atoms in total. The molecule has 0 saturated heterocycles. The monoisotopic (exact) mass is 263 g/mol. The van der Waals surface area contributed by atoms with Gasteiger partial charge in [0.2, 0.25) is 0 Å². The lowest BCUT2D eigenvalue weighted by Gasteiger charge is -2.14. The van der Waals surface area contributed by atoms with Crippen LogP contribution in [-0.2, 0) is 0 Å². The van der Waals surface area contributed by atoms with E-state index < -0.39 is 5.97 Å². The third kappa shape index (κ3) is 1.91. The maximum absolute atomic E-state index is 10.9. The van der Waals surface area contributed by atoms with Gasteiger partial charge in [0.25, 0.3) is 0 Å². The molecule has 1 aromatic heterocycles. The van der Waals surface area contributed by atoms with Gasteiger partial charge in [0.05, 0.1) is 11.1 Å². The summed E-state index contributed by atoms with van der Waals surface area (Å²) < 4.78 is 5.56. The molecule has 0 spiro atoms. The second kappa shape index (κ2) is 4.66. The van der Waals surface area contributed by atoms with Crippen LogP contribution in [0.3, 0.4) is 0 Å². The Labute approximate surface area is 109 Å². The number of ether oxygens (including phenoxy) is 1. The van der Waals surface area contributed by atoms with Crippen molar-refractivity contribution >= 4 is 35.4 Å². The van der Waals surface area contributed by atoms with Crippen molar-refractivity contribution in [2.45, 2.75) is 0 Å². The summed E-state index contributed by atoms with van der Waals surface area (Å²) in [4.78, 5) is 15.1. The van der Waals surface area contributed by atoms with Crippen molar-refractivity contribution in [2.24, 2.45) is 0 Å². The van der Waals surface area contributed by atoms with Gasteiger partial charge < -0.3 is 9.84 Å². The van der Waals surface area contributed by atoms with Gasteiger partial charge in [-0.25, -0.2) is 4.79 Å². The number of carboxylic acids is 1. The molecule has 0 amide bonds. The van der Waals surface area contributed by atoms with Crippen LogP contribution < -0.4 is 4.74 Å². The topological polar surface area (TPSA) is 59.4 Å². The first-order valence-corrected chi connectivity index (χ1v) is 5.21. The summed E-state index contributed by atoms with van der Waals surface area (Å²) in [5, 5.41) is 9.76. The molecule has 3 rings (SSSR count). The zero-order valence-electron chi connectivity index (χ0n) is 9.29. The Morgan fingerprint density at radius 1 is 1.39 bits per heavy atom. The fraction of sp³-hybridized carbons (Fsp3) is 0.0769. The summed E-state index contributed by atoms with van der Waals surface area (Å²) in [7, 11) is 0. The molecule has 92 valence electrons. The van der Waals surface area contributed by atoms with E-state index in [1.807, 2.05) is 12.2 Å². The number of pyridine rings is 1. The van der Waals surface area contributed by atoms with Crippen LogP contribution in [0.4, 0.5) is 0 Å². The molecule has 5 heteroatoms. The van der Waals surface area contributed by atoms with Crippen LogP contribution in [-0.4, -0.2) is 22.7 Å². The average Bonchev–Trinajstić information content (AvgIpc) is 2.38. The van der Waals surface area contributed by atoms with Crippen molar-refractivity contribution in [3.63, 3.8) is 0 Å².